The molecular formula is C21H23F3. The summed E-state index contributed by atoms with van der Waals surface area (Å²) in [6, 6.07) is 8.20. The van der Waals surface area contributed by atoms with Gasteiger partial charge in [-0.3, -0.25) is 0 Å². The quantitative estimate of drug-likeness (QED) is 0.544. The first kappa shape index (κ1) is 17.1. The molecule has 0 radical (unpaired) electrons. The minimum Gasteiger partial charge on any atom is -0.204 e. The third-order valence-corrected chi connectivity index (χ3v) is 5.44. The zero-order valence-electron chi connectivity index (χ0n) is 14.2. The fraction of sp³-hybridized carbons (Fsp3) is 0.429. The van der Waals surface area contributed by atoms with Crippen molar-refractivity contribution in [2.75, 3.05) is 0 Å². The maximum Gasteiger partial charge on any atom is 0.194 e. The lowest BCUT2D eigenvalue weighted by Gasteiger charge is -2.28. The summed E-state index contributed by atoms with van der Waals surface area (Å²) in [6.45, 7) is 4.20. The molecule has 0 saturated heterocycles. The lowest BCUT2D eigenvalue weighted by Crippen LogP contribution is -2.12. The molecule has 128 valence electrons. The van der Waals surface area contributed by atoms with E-state index in [2.05, 4.69) is 19.1 Å². The van der Waals surface area contributed by atoms with Crippen molar-refractivity contribution in [1.29, 1.82) is 0 Å². The third kappa shape index (κ3) is 3.35. The van der Waals surface area contributed by atoms with E-state index in [1.807, 2.05) is 13.0 Å². The highest BCUT2D eigenvalue weighted by Crippen LogP contribution is 2.38. The second kappa shape index (κ2) is 7.00. The first-order valence-corrected chi connectivity index (χ1v) is 8.75. The lowest BCUT2D eigenvalue weighted by atomic mass is 9.77. The lowest BCUT2D eigenvalue weighted by molar-refractivity contribution is 0.319. The molecule has 0 aliphatic heterocycles. The topological polar surface area (TPSA) is 0 Å². The SMILES string of the molecule is CCC1CCC(c2ccc(-c3cc(F)c(F)c(F)c3)c(C)c2)CC1. The van der Waals surface area contributed by atoms with Gasteiger partial charge in [-0.1, -0.05) is 31.5 Å². The predicted octanol–water partition coefficient (Wildman–Crippen LogP) is 6.76. The van der Waals surface area contributed by atoms with Crippen molar-refractivity contribution < 1.29 is 13.2 Å². The van der Waals surface area contributed by atoms with Crippen LogP contribution in [0.5, 0.6) is 0 Å². The molecule has 1 fully saturated rings. The smallest absolute Gasteiger partial charge is 0.194 e. The Kier molecular flexibility index (Phi) is 4.98. The van der Waals surface area contributed by atoms with Crippen LogP contribution in [0.25, 0.3) is 11.1 Å². The Labute approximate surface area is 141 Å². The average molecular weight is 332 g/mol. The molecule has 0 heterocycles. The first-order valence-electron chi connectivity index (χ1n) is 8.75. The van der Waals surface area contributed by atoms with Gasteiger partial charge in [-0.25, -0.2) is 13.2 Å². The molecule has 2 aromatic rings. The highest BCUT2D eigenvalue weighted by Gasteiger charge is 2.22. The molecule has 0 aromatic heterocycles. The van der Waals surface area contributed by atoms with Crippen LogP contribution in [0.4, 0.5) is 13.2 Å². The Hall–Kier alpha value is -1.77. The zero-order chi connectivity index (χ0) is 17.3. The van der Waals surface area contributed by atoms with Gasteiger partial charge in [-0.05, 0) is 78.8 Å². The van der Waals surface area contributed by atoms with Crippen molar-refractivity contribution in [2.45, 2.75) is 51.9 Å². The summed E-state index contributed by atoms with van der Waals surface area (Å²) in [5, 5.41) is 0. The van der Waals surface area contributed by atoms with Crippen LogP contribution in [-0.4, -0.2) is 0 Å². The standard InChI is InChI=1S/C21H23F3/c1-3-14-4-6-15(7-5-14)16-8-9-18(13(2)10-16)17-11-19(22)21(24)20(23)12-17/h8-12,14-15H,3-7H2,1-2H3. The van der Waals surface area contributed by atoms with Gasteiger partial charge in [-0.2, -0.15) is 0 Å². The number of aryl methyl sites for hydroxylation is 1. The zero-order valence-corrected chi connectivity index (χ0v) is 14.2. The monoisotopic (exact) mass is 332 g/mol. The van der Waals surface area contributed by atoms with Gasteiger partial charge in [0, 0.05) is 0 Å². The molecule has 0 N–H and O–H groups in total. The minimum absolute atomic E-state index is 0.380. The highest BCUT2D eigenvalue weighted by molar-refractivity contribution is 5.68. The van der Waals surface area contributed by atoms with Crippen molar-refractivity contribution in [3.8, 4) is 11.1 Å². The van der Waals surface area contributed by atoms with E-state index in [0.29, 0.717) is 11.5 Å². The molecule has 0 unspecified atom stereocenters. The van der Waals surface area contributed by atoms with E-state index in [1.165, 1.54) is 37.7 Å². The maximum absolute atomic E-state index is 13.5. The van der Waals surface area contributed by atoms with Crippen LogP contribution in [0.2, 0.25) is 0 Å². The molecule has 0 atom stereocenters. The van der Waals surface area contributed by atoms with E-state index in [4.69, 9.17) is 0 Å². The second-order valence-corrected chi connectivity index (χ2v) is 6.95. The molecule has 2 aromatic carbocycles. The number of hydrogen-bond acceptors (Lipinski definition) is 0. The van der Waals surface area contributed by atoms with Gasteiger partial charge < -0.3 is 0 Å². The van der Waals surface area contributed by atoms with E-state index in [-0.39, 0.29) is 0 Å². The summed E-state index contributed by atoms with van der Waals surface area (Å²) < 4.78 is 40.1. The summed E-state index contributed by atoms with van der Waals surface area (Å²) in [6.07, 6.45) is 6.22. The molecule has 0 bridgehead atoms. The summed E-state index contributed by atoms with van der Waals surface area (Å²) in [5.41, 5.74) is 3.40. The van der Waals surface area contributed by atoms with Gasteiger partial charge in [-0.15, -0.1) is 0 Å². The van der Waals surface area contributed by atoms with Crippen molar-refractivity contribution >= 4 is 0 Å². The summed E-state index contributed by atoms with van der Waals surface area (Å²) in [5.74, 6) is -2.28. The Balaban J connectivity index is 1.85. The Morgan fingerprint density at radius 3 is 2.08 bits per heavy atom. The van der Waals surface area contributed by atoms with E-state index in [1.54, 1.807) is 0 Å². The number of rotatable bonds is 3. The molecule has 0 amide bonds. The first-order chi connectivity index (χ1) is 11.5. The predicted molar refractivity (Wildman–Crippen MR) is 91.5 cm³/mol. The van der Waals surface area contributed by atoms with Gasteiger partial charge in [0.05, 0.1) is 0 Å². The largest absolute Gasteiger partial charge is 0.204 e. The minimum atomic E-state index is -1.42. The number of benzene rings is 2. The van der Waals surface area contributed by atoms with Gasteiger partial charge in [0.2, 0.25) is 0 Å². The molecule has 0 nitrogen and oxygen atoms in total. The number of halogens is 3. The van der Waals surface area contributed by atoms with Gasteiger partial charge in [0.1, 0.15) is 0 Å². The van der Waals surface area contributed by atoms with E-state index in [0.717, 1.165) is 29.2 Å². The molecule has 3 rings (SSSR count). The normalized spacial score (nSPS) is 21.0. The van der Waals surface area contributed by atoms with Gasteiger partial charge >= 0.3 is 0 Å². The average Bonchev–Trinajstić information content (AvgIpc) is 2.59. The maximum atomic E-state index is 13.5. The van der Waals surface area contributed by atoms with Crippen LogP contribution in [-0.2, 0) is 0 Å². The molecule has 24 heavy (non-hydrogen) atoms. The fourth-order valence-corrected chi connectivity index (χ4v) is 3.88. The molecule has 0 spiro atoms. The van der Waals surface area contributed by atoms with Crippen LogP contribution in [0.15, 0.2) is 30.3 Å². The van der Waals surface area contributed by atoms with Gasteiger partial charge in [0.15, 0.2) is 17.5 Å². The van der Waals surface area contributed by atoms with Crippen LogP contribution in [0.1, 0.15) is 56.1 Å². The molecule has 3 heteroatoms. The van der Waals surface area contributed by atoms with E-state index < -0.39 is 17.5 Å². The van der Waals surface area contributed by atoms with Crippen molar-refractivity contribution in [3.63, 3.8) is 0 Å². The van der Waals surface area contributed by atoms with Crippen molar-refractivity contribution in [1.82, 2.24) is 0 Å². The van der Waals surface area contributed by atoms with E-state index >= 15 is 0 Å². The highest BCUT2D eigenvalue weighted by atomic mass is 19.2. The molecule has 1 aliphatic carbocycles. The molecular weight excluding hydrogens is 309 g/mol. The van der Waals surface area contributed by atoms with Crippen molar-refractivity contribution in [2.24, 2.45) is 5.92 Å². The summed E-state index contributed by atoms with van der Waals surface area (Å²) in [4.78, 5) is 0. The van der Waals surface area contributed by atoms with Crippen LogP contribution in [0.3, 0.4) is 0 Å². The number of hydrogen-bond donors (Lipinski definition) is 0. The third-order valence-electron chi connectivity index (χ3n) is 5.44. The summed E-state index contributed by atoms with van der Waals surface area (Å²) >= 11 is 0. The Morgan fingerprint density at radius 1 is 0.917 bits per heavy atom. The second-order valence-electron chi connectivity index (χ2n) is 6.95. The Bertz CT molecular complexity index is 705. The molecule has 1 aliphatic rings. The van der Waals surface area contributed by atoms with Crippen LogP contribution >= 0.6 is 0 Å². The van der Waals surface area contributed by atoms with Crippen LogP contribution in [0, 0.1) is 30.3 Å². The fourth-order valence-electron chi connectivity index (χ4n) is 3.88. The van der Waals surface area contributed by atoms with E-state index in [9.17, 15) is 13.2 Å². The van der Waals surface area contributed by atoms with Crippen LogP contribution < -0.4 is 0 Å². The Morgan fingerprint density at radius 2 is 1.54 bits per heavy atom. The molecule has 1 saturated carbocycles. The van der Waals surface area contributed by atoms with Gasteiger partial charge in [0.25, 0.3) is 0 Å². The summed E-state index contributed by atoms with van der Waals surface area (Å²) in [7, 11) is 0. The van der Waals surface area contributed by atoms with Crippen molar-refractivity contribution in [3.05, 3.63) is 58.9 Å².